The summed E-state index contributed by atoms with van der Waals surface area (Å²) in [5.74, 6) is -2.26. The van der Waals surface area contributed by atoms with Gasteiger partial charge >= 0.3 is 6.09 Å². The second-order valence-electron chi connectivity index (χ2n) is 6.17. The van der Waals surface area contributed by atoms with E-state index < -0.39 is 23.6 Å². The first kappa shape index (κ1) is 20.7. The highest BCUT2D eigenvalue weighted by Crippen LogP contribution is 2.24. The van der Waals surface area contributed by atoms with Gasteiger partial charge in [0.15, 0.2) is 11.6 Å². The van der Waals surface area contributed by atoms with Gasteiger partial charge < -0.3 is 20.5 Å². The summed E-state index contributed by atoms with van der Waals surface area (Å²) < 4.78 is 36.9. The van der Waals surface area contributed by atoms with Gasteiger partial charge in [0, 0.05) is 6.20 Å². The Labute approximate surface area is 170 Å². The van der Waals surface area contributed by atoms with Gasteiger partial charge in [0.25, 0.3) is 5.91 Å². The van der Waals surface area contributed by atoms with Crippen LogP contribution in [0.3, 0.4) is 0 Å². The Balaban J connectivity index is 1.83. The quantitative estimate of drug-likeness (QED) is 0.613. The molecule has 1 aromatic heterocycles. The molecule has 0 aliphatic carbocycles. The minimum absolute atomic E-state index is 0.0957. The third kappa shape index (κ3) is 5.51. The molecule has 3 aromatic rings. The molecule has 0 unspecified atom stereocenters. The lowest BCUT2D eigenvalue weighted by Gasteiger charge is -2.14. The first-order chi connectivity index (χ1) is 14.4. The summed E-state index contributed by atoms with van der Waals surface area (Å²) in [6, 6.07) is 11.3. The molecule has 0 spiro atoms. The van der Waals surface area contributed by atoms with Gasteiger partial charge in [-0.25, -0.2) is 13.6 Å². The normalized spacial score (nSPS) is 10.3. The Morgan fingerprint density at radius 1 is 1.00 bits per heavy atom. The van der Waals surface area contributed by atoms with E-state index in [9.17, 15) is 18.4 Å². The fourth-order valence-electron chi connectivity index (χ4n) is 2.55. The number of nitrogens with two attached hydrogens (primary N) is 1. The molecular formula is C21H17F2N3O4. The van der Waals surface area contributed by atoms with Crippen LogP contribution < -0.4 is 15.8 Å². The van der Waals surface area contributed by atoms with Gasteiger partial charge in [0.2, 0.25) is 0 Å². The first-order valence-corrected chi connectivity index (χ1v) is 8.75. The zero-order chi connectivity index (χ0) is 21.5. The van der Waals surface area contributed by atoms with Gasteiger partial charge in [0.05, 0.1) is 17.4 Å². The number of hydrogen-bond acceptors (Lipinski definition) is 5. The van der Waals surface area contributed by atoms with E-state index >= 15 is 0 Å². The minimum atomic E-state index is -0.996. The number of nitrogens with zero attached hydrogens (tertiary/aromatic N) is 1. The Kier molecular flexibility index (Phi) is 6.53. The smallest absolute Gasteiger partial charge is 0.404 e. The summed E-state index contributed by atoms with van der Waals surface area (Å²) >= 11 is 0. The van der Waals surface area contributed by atoms with Crippen LogP contribution in [0.5, 0.6) is 5.75 Å². The molecule has 154 valence electrons. The number of ether oxygens (including phenoxy) is 2. The standard InChI is InChI=1S/C21H17F2N3O4/c22-17-5-3-14(9-18(17)23)11-29-19-6-4-13(12-30-21(24)28)8-16(19)20(27)26-15-2-1-7-25-10-15/h1-10H,11-12H2,(H2,24,28)(H,26,27). The van der Waals surface area contributed by atoms with Crippen LogP contribution in [-0.2, 0) is 18.0 Å². The van der Waals surface area contributed by atoms with Gasteiger partial charge in [-0.1, -0.05) is 12.1 Å². The van der Waals surface area contributed by atoms with Crippen LogP contribution >= 0.6 is 0 Å². The van der Waals surface area contributed by atoms with Crippen LogP contribution in [0.2, 0.25) is 0 Å². The van der Waals surface area contributed by atoms with Crippen molar-refractivity contribution in [1.29, 1.82) is 0 Å². The predicted molar refractivity (Wildman–Crippen MR) is 104 cm³/mol. The van der Waals surface area contributed by atoms with E-state index in [1.807, 2.05) is 0 Å². The summed E-state index contributed by atoms with van der Waals surface area (Å²) in [5.41, 5.74) is 6.47. The zero-order valence-electron chi connectivity index (χ0n) is 15.6. The van der Waals surface area contributed by atoms with Crippen LogP contribution in [-0.4, -0.2) is 17.0 Å². The number of primary amides is 1. The summed E-state index contributed by atoms with van der Waals surface area (Å²) in [5, 5.41) is 2.68. The van der Waals surface area contributed by atoms with Crippen LogP contribution in [0.1, 0.15) is 21.5 Å². The zero-order valence-corrected chi connectivity index (χ0v) is 15.6. The Morgan fingerprint density at radius 3 is 2.47 bits per heavy atom. The van der Waals surface area contributed by atoms with Crippen LogP contribution in [0.15, 0.2) is 60.9 Å². The van der Waals surface area contributed by atoms with Crippen molar-refractivity contribution in [2.45, 2.75) is 13.2 Å². The van der Waals surface area contributed by atoms with E-state index in [1.165, 1.54) is 24.4 Å². The SMILES string of the molecule is NC(=O)OCc1ccc(OCc2ccc(F)c(F)c2)c(C(=O)Nc2cccnc2)c1. The van der Waals surface area contributed by atoms with Gasteiger partial charge in [-0.3, -0.25) is 9.78 Å². The third-order valence-corrected chi connectivity index (χ3v) is 3.97. The molecule has 0 saturated heterocycles. The largest absolute Gasteiger partial charge is 0.488 e. The number of aromatic nitrogens is 1. The molecule has 2 amide bonds. The van der Waals surface area contributed by atoms with Crippen molar-refractivity contribution in [1.82, 2.24) is 4.98 Å². The molecule has 0 aliphatic heterocycles. The molecule has 1 heterocycles. The maximum absolute atomic E-state index is 13.4. The highest BCUT2D eigenvalue weighted by molar-refractivity contribution is 6.06. The van der Waals surface area contributed by atoms with Gasteiger partial charge in [-0.2, -0.15) is 0 Å². The summed E-state index contributed by atoms with van der Waals surface area (Å²) in [7, 11) is 0. The Bertz CT molecular complexity index is 1060. The highest BCUT2D eigenvalue weighted by atomic mass is 19.2. The number of anilines is 1. The van der Waals surface area contributed by atoms with E-state index in [-0.39, 0.29) is 24.5 Å². The van der Waals surface area contributed by atoms with E-state index in [1.54, 1.807) is 24.4 Å². The van der Waals surface area contributed by atoms with E-state index in [4.69, 9.17) is 15.2 Å². The number of carbonyl (C=O) groups excluding carboxylic acids is 2. The Morgan fingerprint density at radius 2 is 1.77 bits per heavy atom. The number of carbonyl (C=O) groups is 2. The second kappa shape index (κ2) is 9.46. The Hall–Kier alpha value is -4.01. The molecule has 0 bridgehead atoms. The van der Waals surface area contributed by atoms with Crippen LogP contribution in [0.4, 0.5) is 19.3 Å². The average Bonchev–Trinajstić information content (AvgIpc) is 2.74. The maximum atomic E-state index is 13.4. The molecular weight excluding hydrogens is 396 g/mol. The highest BCUT2D eigenvalue weighted by Gasteiger charge is 2.15. The third-order valence-electron chi connectivity index (χ3n) is 3.97. The van der Waals surface area contributed by atoms with Crippen molar-refractivity contribution in [3.8, 4) is 5.75 Å². The minimum Gasteiger partial charge on any atom is -0.488 e. The summed E-state index contributed by atoms with van der Waals surface area (Å²) in [6.07, 6.45) is 2.09. The molecule has 0 atom stereocenters. The lowest BCUT2D eigenvalue weighted by atomic mass is 10.1. The number of benzene rings is 2. The number of rotatable bonds is 7. The lowest BCUT2D eigenvalue weighted by Crippen LogP contribution is -2.15. The van der Waals surface area contributed by atoms with Crippen molar-refractivity contribution >= 4 is 17.7 Å². The van der Waals surface area contributed by atoms with Crippen molar-refractivity contribution in [2.24, 2.45) is 5.73 Å². The number of halogens is 2. The van der Waals surface area contributed by atoms with Crippen molar-refractivity contribution < 1.29 is 27.8 Å². The number of pyridine rings is 1. The van der Waals surface area contributed by atoms with E-state index in [0.29, 0.717) is 16.8 Å². The molecule has 7 nitrogen and oxygen atoms in total. The van der Waals surface area contributed by atoms with E-state index in [0.717, 1.165) is 12.1 Å². The number of amides is 2. The number of nitrogens with one attached hydrogen (secondary N) is 1. The second-order valence-corrected chi connectivity index (χ2v) is 6.17. The van der Waals surface area contributed by atoms with Crippen molar-refractivity contribution in [3.63, 3.8) is 0 Å². The molecule has 3 N–H and O–H groups in total. The molecule has 9 heteroatoms. The topological polar surface area (TPSA) is 104 Å². The summed E-state index contributed by atoms with van der Waals surface area (Å²) in [4.78, 5) is 27.5. The van der Waals surface area contributed by atoms with Gasteiger partial charge in [-0.05, 0) is 47.5 Å². The lowest BCUT2D eigenvalue weighted by molar-refractivity contribution is 0.102. The van der Waals surface area contributed by atoms with Crippen LogP contribution in [0.25, 0.3) is 0 Å². The molecule has 0 saturated carbocycles. The molecule has 2 aromatic carbocycles. The van der Waals surface area contributed by atoms with E-state index in [2.05, 4.69) is 10.3 Å². The molecule has 3 rings (SSSR count). The first-order valence-electron chi connectivity index (χ1n) is 8.75. The molecule has 0 radical (unpaired) electrons. The van der Waals surface area contributed by atoms with Crippen molar-refractivity contribution in [2.75, 3.05) is 5.32 Å². The average molecular weight is 413 g/mol. The fraction of sp³-hybridized carbons (Fsp3) is 0.0952. The maximum Gasteiger partial charge on any atom is 0.404 e. The van der Waals surface area contributed by atoms with Crippen molar-refractivity contribution in [3.05, 3.63) is 89.2 Å². The summed E-state index contributed by atoms with van der Waals surface area (Å²) in [6.45, 7) is -0.229. The molecule has 30 heavy (non-hydrogen) atoms. The van der Waals surface area contributed by atoms with Gasteiger partial charge in [0.1, 0.15) is 19.0 Å². The monoisotopic (exact) mass is 413 g/mol. The van der Waals surface area contributed by atoms with Crippen LogP contribution in [0, 0.1) is 11.6 Å². The predicted octanol–water partition coefficient (Wildman–Crippen LogP) is 3.79. The molecule has 0 aliphatic rings. The van der Waals surface area contributed by atoms with Gasteiger partial charge in [-0.15, -0.1) is 0 Å². The molecule has 0 fully saturated rings. The fourth-order valence-corrected chi connectivity index (χ4v) is 2.55. The number of hydrogen-bond donors (Lipinski definition) is 2.